The van der Waals surface area contributed by atoms with Crippen molar-refractivity contribution in [3.63, 3.8) is 0 Å². The fourth-order valence-corrected chi connectivity index (χ4v) is 3.62. The molecule has 3 unspecified atom stereocenters. The fourth-order valence-electron chi connectivity index (χ4n) is 2.73. The molecule has 0 amide bonds. The summed E-state index contributed by atoms with van der Waals surface area (Å²) < 4.78 is 0. The molecule has 2 rings (SSSR count). The van der Waals surface area contributed by atoms with Crippen LogP contribution >= 0.6 is 11.3 Å². The Morgan fingerprint density at radius 3 is 2.94 bits per heavy atom. The first kappa shape index (κ1) is 12.1. The molecule has 1 aliphatic carbocycles. The normalized spacial score (nSPS) is 35.2. The quantitative estimate of drug-likeness (QED) is 0.860. The number of aliphatic hydroxyl groups is 1. The van der Waals surface area contributed by atoms with Crippen LogP contribution in [-0.4, -0.2) is 15.7 Å². The molecule has 90 valence electrons. The number of hydrogen-bond acceptors (Lipinski definition) is 3. The molecule has 1 N–H and O–H groups in total. The second kappa shape index (κ2) is 4.46. The van der Waals surface area contributed by atoms with E-state index in [1.807, 2.05) is 6.92 Å². The highest BCUT2D eigenvalue weighted by molar-refractivity contribution is 7.09. The van der Waals surface area contributed by atoms with Gasteiger partial charge in [0.15, 0.2) is 0 Å². The topological polar surface area (TPSA) is 33.1 Å². The van der Waals surface area contributed by atoms with Crippen molar-refractivity contribution in [3.8, 4) is 0 Å². The van der Waals surface area contributed by atoms with E-state index in [9.17, 15) is 5.11 Å². The van der Waals surface area contributed by atoms with Gasteiger partial charge in [-0.25, -0.2) is 4.98 Å². The standard InChI is InChI=1S/C13H21NOS/c1-9-5-4-6-13(15,11(9)3)7-12-14-10(2)8-16-12/h8-9,11,15H,4-7H2,1-3H3. The number of hydrogen-bond donors (Lipinski definition) is 1. The molecule has 16 heavy (non-hydrogen) atoms. The predicted molar refractivity (Wildman–Crippen MR) is 67.7 cm³/mol. The SMILES string of the molecule is Cc1csc(CC2(O)CCCC(C)C2C)n1. The maximum Gasteiger partial charge on any atom is 0.0956 e. The van der Waals surface area contributed by atoms with Gasteiger partial charge in [-0.2, -0.15) is 0 Å². The van der Waals surface area contributed by atoms with E-state index in [0.29, 0.717) is 11.8 Å². The number of aryl methyl sites for hydroxylation is 1. The molecule has 3 atom stereocenters. The van der Waals surface area contributed by atoms with Crippen LogP contribution in [0.1, 0.15) is 43.8 Å². The second-order valence-corrected chi connectivity index (χ2v) is 6.26. The van der Waals surface area contributed by atoms with Gasteiger partial charge in [-0.1, -0.05) is 26.7 Å². The van der Waals surface area contributed by atoms with Crippen molar-refractivity contribution in [1.29, 1.82) is 0 Å². The molecule has 1 saturated carbocycles. The van der Waals surface area contributed by atoms with E-state index in [0.717, 1.165) is 30.0 Å². The monoisotopic (exact) mass is 239 g/mol. The molecule has 1 aromatic heterocycles. The fraction of sp³-hybridized carbons (Fsp3) is 0.769. The first-order valence-electron chi connectivity index (χ1n) is 6.14. The van der Waals surface area contributed by atoms with E-state index in [2.05, 4.69) is 24.2 Å². The van der Waals surface area contributed by atoms with Gasteiger partial charge in [-0.3, -0.25) is 0 Å². The molecule has 0 saturated heterocycles. The summed E-state index contributed by atoms with van der Waals surface area (Å²) >= 11 is 1.67. The lowest BCUT2D eigenvalue weighted by Gasteiger charge is -2.41. The first-order valence-corrected chi connectivity index (χ1v) is 7.02. The highest BCUT2D eigenvalue weighted by atomic mass is 32.1. The number of thiazole rings is 1. The molecular formula is C13H21NOS. The van der Waals surface area contributed by atoms with E-state index in [-0.39, 0.29) is 0 Å². The van der Waals surface area contributed by atoms with Gasteiger partial charge in [-0.15, -0.1) is 11.3 Å². The summed E-state index contributed by atoms with van der Waals surface area (Å²) in [6, 6.07) is 0. The Bertz CT molecular complexity index is 363. The second-order valence-electron chi connectivity index (χ2n) is 5.32. The molecule has 0 radical (unpaired) electrons. The van der Waals surface area contributed by atoms with Crippen LogP contribution in [0.3, 0.4) is 0 Å². The average molecular weight is 239 g/mol. The Morgan fingerprint density at radius 2 is 2.31 bits per heavy atom. The van der Waals surface area contributed by atoms with Gasteiger partial charge >= 0.3 is 0 Å². The van der Waals surface area contributed by atoms with Crippen molar-refractivity contribution in [3.05, 3.63) is 16.1 Å². The first-order chi connectivity index (χ1) is 7.51. The summed E-state index contributed by atoms with van der Waals surface area (Å²) in [5.41, 5.74) is 0.544. The van der Waals surface area contributed by atoms with Crippen LogP contribution in [0.2, 0.25) is 0 Å². The third-order valence-electron chi connectivity index (χ3n) is 4.09. The lowest BCUT2D eigenvalue weighted by atomic mass is 9.69. The minimum Gasteiger partial charge on any atom is -0.389 e. The van der Waals surface area contributed by atoms with Gasteiger partial charge in [0, 0.05) is 17.5 Å². The van der Waals surface area contributed by atoms with Crippen LogP contribution in [0, 0.1) is 18.8 Å². The zero-order valence-corrected chi connectivity index (χ0v) is 11.2. The summed E-state index contributed by atoms with van der Waals surface area (Å²) in [6.07, 6.45) is 4.06. The van der Waals surface area contributed by atoms with Gasteiger partial charge in [0.2, 0.25) is 0 Å². The smallest absolute Gasteiger partial charge is 0.0956 e. The lowest BCUT2D eigenvalue weighted by Crippen LogP contribution is -2.44. The van der Waals surface area contributed by atoms with Crippen LogP contribution in [0.5, 0.6) is 0 Å². The molecule has 1 heterocycles. The van der Waals surface area contributed by atoms with Crippen LogP contribution in [-0.2, 0) is 6.42 Å². The highest BCUT2D eigenvalue weighted by Crippen LogP contribution is 2.39. The predicted octanol–water partition coefficient (Wildman–Crippen LogP) is 3.18. The molecule has 0 aromatic carbocycles. The minimum atomic E-state index is -0.526. The molecule has 0 bridgehead atoms. The van der Waals surface area contributed by atoms with E-state index in [1.54, 1.807) is 11.3 Å². The molecule has 3 heteroatoms. The van der Waals surface area contributed by atoms with Crippen molar-refractivity contribution >= 4 is 11.3 Å². The van der Waals surface area contributed by atoms with E-state index < -0.39 is 5.60 Å². The zero-order valence-electron chi connectivity index (χ0n) is 10.4. The third kappa shape index (κ3) is 2.30. The Labute approximate surface area is 102 Å². The molecule has 2 nitrogen and oxygen atoms in total. The molecule has 1 aliphatic rings. The van der Waals surface area contributed by atoms with Crippen molar-refractivity contribution in [2.45, 2.75) is 52.1 Å². The van der Waals surface area contributed by atoms with Gasteiger partial charge in [-0.05, 0) is 25.2 Å². The van der Waals surface area contributed by atoms with Crippen LogP contribution < -0.4 is 0 Å². The van der Waals surface area contributed by atoms with Crippen molar-refractivity contribution < 1.29 is 5.11 Å². The van der Waals surface area contributed by atoms with Gasteiger partial charge in [0.05, 0.1) is 10.6 Å². The summed E-state index contributed by atoms with van der Waals surface area (Å²) in [7, 11) is 0. The van der Waals surface area contributed by atoms with E-state index >= 15 is 0 Å². The average Bonchev–Trinajstić information content (AvgIpc) is 2.60. The molecule has 1 aromatic rings. The molecule has 0 spiro atoms. The lowest BCUT2D eigenvalue weighted by molar-refractivity contribution is -0.0621. The summed E-state index contributed by atoms with van der Waals surface area (Å²) in [5.74, 6) is 1.00. The Balaban J connectivity index is 2.12. The number of nitrogens with zero attached hydrogens (tertiary/aromatic N) is 1. The molecular weight excluding hydrogens is 218 g/mol. The Hall–Kier alpha value is -0.410. The van der Waals surface area contributed by atoms with Gasteiger partial charge in [0.25, 0.3) is 0 Å². The van der Waals surface area contributed by atoms with E-state index in [4.69, 9.17) is 0 Å². The maximum absolute atomic E-state index is 10.7. The largest absolute Gasteiger partial charge is 0.389 e. The summed E-state index contributed by atoms with van der Waals surface area (Å²) in [6.45, 7) is 6.45. The minimum absolute atomic E-state index is 0.380. The summed E-state index contributed by atoms with van der Waals surface area (Å²) in [5, 5.41) is 13.9. The Kier molecular flexibility index (Phi) is 3.36. The van der Waals surface area contributed by atoms with Gasteiger partial charge < -0.3 is 5.11 Å². The van der Waals surface area contributed by atoms with Crippen molar-refractivity contribution in [1.82, 2.24) is 4.98 Å². The molecule has 1 fully saturated rings. The van der Waals surface area contributed by atoms with Crippen LogP contribution in [0.25, 0.3) is 0 Å². The summed E-state index contributed by atoms with van der Waals surface area (Å²) in [4.78, 5) is 4.47. The molecule has 0 aliphatic heterocycles. The maximum atomic E-state index is 10.7. The third-order valence-corrected chi connectivity index (χ3v) is 5.06. The van der Waals surface area contributed by atoms with Crippen LogP contribution in [0.15, 0.2) is 5.38 Å². The number of aromatic nitrogens is 1. The van der Waals surface area contributed by atoms with Crippen molar-refractivity contribution in [2.75, 3.05) is 0 Å². The zero-order chi connectivity index (χ0) is 11.8. The van der Waals surface area contributed by atoms with E-state index in [1.165, 1.54) is 6.42 Å². The van der Waals surface area contributed by atoms with Crippen molar-refractivity contribution in [2.24, 2.45) is 11.8 Å². The Morgan fingerprint density at radius 1 is 1.56 bits per heavy atom. The number of rotatable bonds is 2. The highest BCUT2D eigenvalue weighted by Gasteiger charge is 2.40. The van der Waals surface area contributed by atoms with Crippen LogP contribution in [0.4, 0.5) is 0 Å². The van der Waals surface area contributed by atoms with Gasteiger partial charge in [0.1, 0.15) is 0 Å².